The number of fused-ring (bicyclic) bond motifs is 3. The average molecular weight is 411 g/mol. The second kappa shape index (κ2) is 9.11. The van der Waals surface area contributed by atoms with E-state index in [1.54, 1.807) is 0 Å². The minimum Gasteiger partial charge on any atom is -0.493 e. The molecule has 0 aliphatic carbocycles. The Morgan fingerprint density at radius 3 is 2.63 bits per heavy atom. The lowest BCUT2D eigenvalue weighted by molar-refractivity contribution is 0.262. The van der Waals surface area contributed by atoms with Crippen LogP contribution in [0.2, 0.25) is 0 Å². The summed E-state index contributed by atoms with van der Waals surface area (Å²) in [5.74, 6) is 2.12. The van der Waals surface area contributed by atoms with Crippen LogP contribution < -0.4 is 9.64 Å². The molecule has 0 saturated carbocycles. The minimum absolute atomic E-state index is 0.415. The zero-order valence-electron chi connectivity index (χ0n) is 19.5. The average Bonchev–Trinajstić information content (AvgIpc) is 3.24. The van der Waals surface area contributed by atoms with Crippen LogP contribution in [0, 0.1) is 6.92 Å². The van der Waals surface area contributed by atoms with Gasteiger partial charge in [0.05, 0.1) is 12.1 Å². The van der Waals surface area contributed by atoms with Crippen molar-refractivity contribution in [2.24, 2.45) is 0 Å². The highest BCUT2D eigenvalue weighted by molar-refractivity contribution is 5.88. The number of benzene rings is 1. The van der Waals surface area contributed by atoms with Gasteiger partial charge >= 0.3 is 0 Å². The number of aromatic nitrogens is 1. The summed E-state index contributed by atoms with van der Waals surface area (Å²) in [5.41, 5.74) is 5.16. The number of ether oxygens (including phenoxy) is 1. The summed E-state index contributed by atoms with van der Waals surface area (Å²) in [5, 5.41) is 1.31. The van der Waals surface area contributed by atoms with Crippen LogP contribution in [0.4, 0.5) is 5.82 Å². The third-order valence-corrected chi connectivity index (χ3v) is 6.83. The summed E-state index contributed by atoms with van der Waals surface area (Å²) in [4.78, 5) is 12.4. The van der Waals surface area contributed by atoms with Gasteiger partial charge in [-0.25, -0.2) is 4.98 Å². The normalized spacial score (nSPS) is 17.7. The van der Waals surface area contributed by atoms with Gasteiger partial charge in [-0.1, -0.05) is 0 Å². The molecular formula is C25H38N4O. The van der Waals surface area contributed by atoms with Gasteiger partial charge in [0.25, 0.3) is 0 Å². The van der Waals surface area contributed by atoms with Crippen LogP contribution >= 0.6 is 0 Å². The van der Waals surface area contributed by atoms with Crippen molar-refractivity contribution in [1.29, 1.82) is 0 Å². The van der Waals surface area contributed by atoms with Crippen molar-refractivity contribution in [3.05, 3.63) is 28.8 Å². The molecule has 3 heterocycles. The van der Waals surface area contributed by atoms with Crippen LogP contribution in [0.25, 0.3) is 10.9 Å². The van der Waals surface area contributed by atoms with Gasteiger partial charge in [0, 0.05) is 49.7 Å². The first kappa shape index (κ1) is 21.4. The van der Waals surface area contributed by atoms with Crippen molar-refractivity contribution >= 4 is 16.7 Å². The predicted molar refractivity (Wildman–Crippen MR) is 126 cm³/mol. The van der Waals surface area contributed by atoms with Crippen molar-refractivity contribution in [1.82, 2.24) is 14.8 Å². The monoisotopic (exact) mass is 410 g/mol. The summed E-state index contributed by atoms with van der Waals surface area (Å²) >= 11 is 0. The zero-order chi connectivity index (χ0) is 21.3. The molecule has 5 heteroatoms. The summed E-state index contributed by atoms with van der Waals surface area (Å²) in [6.45, 7) is 13.1. The third kappa shape index (κ3) is 4.42. The molecule has 1 saturated heterocycles. The molecule has 4 rings (SSSR count). The molecule has 0 atom stereocenters. The number of aryl methyl sites for hydroxylation is 1. The van der Waals surface area contributed by atoms with E-state index >= 15 is 0 Å². The number of hydrogen-bond acceptors (Lipinski definition) is 5. The van der Waals surface area contributed by atoms with E-state index in [0.717, 1.165) is 56.2 Å². The van der Waals surface area contributed by atoms with Crippen LogP contribution in [-0.2, 0) is 13.0 Å². The van der Waals surface area contributed by atoms with Gasteiger partial charge in [0.1, 0.15) is 11.6 Å². The molecule has 0 bridgehead atoms. The molecule has 2 aromatic rings. The Labute approximate surface area is 182 Å². The summed E-state index contributed by atoms with van der Waals surface area (Å²) in [7, 11) is 4.37. The second-order valence-corrected chi connectivity index (χ2v) is 9.47. The molecule has 2 aliphatic rings. The van der Waals surface area contributed by atoms with Gasteiger partial charge in [0.2, 0.25) is 0 Å². The second-order valence-electron chi connectivity index (χ2n) is 9.47. The van der Waals surface area contributed by atoms with E-state index in [1.807, 2.05) is 0 Å². The van der Waals surface area contributed by atoms with E-state index in [9.17, 15) is 0 Å². The molecule has 2 aliphatic heterocycles. The maximum Gasteiger partial charge on any atom is 0.134 e. The highest BCUT2D eigenvalue weighted by atomic mass is 16.5. The first-order valence-electron chi connectivity index (χ1n) is 11.7. The van der Waals surface area contributed by atoms with E-state index in [0.29, 0.717) is 6.04 Å². The fraction of sp³-hybridized carbons (Fsp3) is 0.640. The predicted octanol–water partition coefficient (Wildman–Crippen LogP) is 4.24. The van der Waals surface area contributed by atoms with E-state index in [2.05, 4.69) is 61.7 Å². The summed E-state index contributed by atoms with van der Waals surface area (Å²) in [6, 6.07) is 4.90. The van der Waals surface area contributed by atoms with E-state index in [4.69, 9.17) is 9.72 Å². The van der Waals surface area contributed by atoms with Crippen molar-refractivity contribution in [2.45, 2.75) is 59.0 Å². The number of likely N-dealkylation sites (N-methyl/N-ethyl adjacent to an activating group) is 1. The molecule has 164 valence electrons. The van der Waals surface area contributed by atoms with Gasteiger partial charge in [-0.2, -0.15) is 0 Å². The highest BCUT2D eigenvalue weighted by Gasteiger charge is 2.24. The number of pyridine rings is 1. The minimum atomic E-state index is 0.415. The van der Waals surface area contributed by atoms with Crippen LogP contribution in [-0.4, -0.2) is 67.7 Å². The fourth-order valence-corrected chi connectivity index (χ4v) is 4.76. The Hall–Kier alpha value is -1.85. The Morgan fingerprint density at radius 1 is 1.13 bits per heavy atom. The number of hydrogen-bond donors (Lipinski definition) is 0. The van der Waals surface area contributed by atoms with Crippen molar-refractivity contribution < 1.29 is 4.74 Å². The number of rotatable bonds is 7. The molecule has 5 nitrogen and oxygen atoms in total. The van der Waals surface area contributed by atoms with Gasteiger partial charge in [0.15, 0.2) is 0 Å². The first-order valence-corrected chi connectivity index (χ1v) is 11.7. The maximum absolute atomic E-state index is 6.23. The van der Waals surface area contributed by atoms with Crippen LogP contribution in [0.3, 0.4) is 0 Å². The van der Waals surface area contributed by atoms with E-state index in [1.165, 1.54) is 48.0 Å². The molecule has 0 spiro atoms. The third-order valence-electron chi connectivity index (χ3n) is 6.83. The molecule has 1 aromatic carbocycles. The molecule has 1 aromatic heterocycles. The van der Waals surface area contributed by atoms with Crippen LogP contribution in [0.5, 0.6) is 5.75 Å². The molecule has 30 heavy (non-hydrogen) atoms. The molecular weight excluding hydrogens is 372 g/mol. The largest absolute Gasteiger partial charge is 0.493 e. The smallest absolute Gasteiger partial charge is 0.134 e. The molecule has 0 N–H and O–H groups in total. The Morgan fingerprint density at radius 2 is 1.90 bits per heavy atom. The Bertz CT molecular complexity index is 889. The Balaban J connectivity index is 1.61. The zero-order valence-corrected chi connectivity index (χ0v) is 19.5. The van der Waals surface area contributed by atoms with Gasteiger partial charge in [-0.3, -0.25) is 0 Å². The van der Waals surface area contributed by atoms with Crippen LogP contribution in [0.15, 0.2) is 12.1 Å². The van der Waals surface area contributed by atoms with Crippen molar-refractivity contribution in [3.63, 3.8) is 0 Å². The lowest BCUT2D eigenvalue weighted by atomic mass is 9.94. The van der Waals surface area contributed by atoms with Gasteiger partial charge < -0.3 is 19.4 Å². The first-order chi connectivity index (χ1) is 14.4. The van der Waals surface area contributed by atoms with Gasteiger partial charge in [-0.15, -0.1) is 0 Å². The summed E-state index contributed by atoms with van der Waals surface area (Å²) < 4.78 is 6.23. The summed E-state index contributed by atoms with van der Waals surface area (Å²) in [6.07, 6.45) is 4.87. The Kier molecular flexibility index (Phi) is 6.49. The van der Waals surface area contributed by atoms with Crippen molar-refractivity contribution in [3.8, 4) is 5.75 Å². The topological polar surface area (TPSA) is 31.8 Å². The fourth-order valence-electron chi connectivity index (χ4n) is 4.76. The number of likely N-dealkylation sites (tertiary alicyclic amines) is 1. The standard InChI is InChI=1S/C25H38N4O/c1-18(2)28(5)25-22-17-27(4)13-9-20(22)21-15-19(3)24(16-23(21)26-25)30-14-8-12-29-10-6-7-11-29/h15-16,18H,6-14,17H2,1-5H3. The molecule has 0 radical (unpaired) electrons. The molecule has 0 unspecified atom stereocenters. The molecule has 1 fully saturated rings. The van der Waals surface area contributed by atoms with Gasteiger partial charge in [-0.05, 0) is 83.8 Å². The lowest BCUT2D eigenvalue weighted by Gasteiger charge is -2.32. The van der Waals surface area contributed by atoms with E-state index < -0.39 is 0 Å². The quantitative estimate of drug-likeness (QED) is 0.638. The van der Waals surface area contributed by atoms with Crippen molar-refractivity contribution in [2.75, 3.05) is 51.8 Å². The van der Waals surface area contributed by atoms with E-state index in [-0.39, 0.29) is 0 Å². The SMILES string of the molecule is Cc1cc2c3c(c(N(C)C(C)C)nc2cc1OCCCN1CCCC1)CN(C)CC3. The number of anilines is 1. The number of nitrogens with zero attached hydrogens (tertiary/aromatic N) is 4. The molecule has 0 amide bonds. The highest BCUT2D eigenvalue weighted by Crippen LogP contribution is 2.36. The maximum atomic E-state index is 6.23. The van der Waals surface area contributed by atoms with Crippen LogP contribution in [0.1, 0.15) is 49.8 Å². The lowest BCUT2D eigenvalue weighted by Crippen LogP contribution is -2.33.